The van der Waals surface area contributed by atoms with Crippen LogP contribution in [0, 0.1) is 13.8 Å². The summed E-state index contributed by atoms with van der Waals surface area (Å²) in [5, 5.41) is 5.09. The van der Waals surface area contributed by atoms with Gasteiger partial charge in [-0.05, 0) is 55.5 Å². The zero-order chi connectivity index (χ0) is 21.5. The minimum atomic E-state index is -0.209. The van der Waals surface area contributed by atoms with E-state index in [0.717, 1.165) is 38.8 Å². The maximum absolute atomic E-state index is 13.7. The highest BCUT2D eigenvalue weighted by atomic mass is 16.1. The van der Waals surface area contributed by atoms with Crippen LogP contribution in [0.2, 0.25) is 0 Å². The first kappa shape index (κ1) is 19.0. The van der Waals surface area contributed by atoms with E-state index in [4.69, 9.17) is 0 Å². The molecule has 0 saturated heterocycles. The molecular formula is C24H22N6O. The zero-order valence-corrected chi connectivity index (χ0v) is 17.5. The molecule has 31 heavy (non-hydrogen) atoms. The number of hydrogen-bond donors (Lipinski definition) is 2. The fourth-order valence-electron chi connectivity index (χ4n) is 4.06. The molecule has 2 N–H and O–H groups in total. The Balaban J connectivity index is 1.72. The Morgan fingerprint density at radius 1 is 1.03 bits per heavy atom. The largest absolute Gasteiger partial charge is 0.360 e. The topological polar surface area (TPSA) is 88.5 Å². The highest BCUT2D eigenvalue weighted by Gasteiger charge is 2.19. The molecule has 0 aliphatic rings. The number of H-pyrrole nitrogens is 1. The van der Waals surface area contributed by atoms with Crippen molar-refractivity contribution < 1.29 is 0 Å². The van der Waals surface area contributed by atoms with Crippen molar-refractivity contribution in [2.24, 2.45) is 0 Å². The van der Waals surface area contributed by atoms with Gasteiger partial charge in [0.05, 0.1) is 17.8 Å². The molecule has 1 atom stereocenters. The van der Waals surface area contributed by atoms with Crippen LogP contribution in [0.4, 0.5) is 5.82 Å². The van der Waals surface area contributed by atoms with E-state index < -0.39 is 0 Å². The van der Waals surface area contributed by atoms with Crippen molar-refractivity contribution in [3.8, 4) is 5.69 Å². The lowest BCUT2D eigenvalue weighted by Crippen LogP contribution is -2.26. The molecule has 7 nitrogen and oxygen atoms in total. The molecule has 0 fully saturated rings. The van der Waals surface area contributed by atoms with Gasteiger partial charge in [-0.15, -0.1) is 0 Å². The van der Waals surface area contributed by atoms with Gasteiger partial charge in [-0.2, -0.15) is 0 Å². The summed E-state index contributed by atoms with van der Waals surface area (Å²) in [5.41, 5.74) is 5.04. The Hall–Kier alpha value is -4.00. The van der Waals surface area contributed by atoms with E-state index in [1.807, 2.05) is 63.2 Å². The van der Waals surface area contributed by atoms with Crippen LogP contribution in [0.15, 0.2) is 66.0 Å². The van der Waals surface area contributed by atoms with Crippen LogP contribution in [0.25, 0.3) is 27.6 Å². The molecule has 0 saturated carbocycles. The smallest absolute Gasteiger partial charge is 0.263 e. The van der Waals surface area contributed by atoms with Gasteiger partial charge in [-0.1, -0.05) is 30.3 Å². The monoisotopic (exact) mass is 410 g/mol. The average Bonchev–Trinajstić information content (AvgIpc) is 3.23. The maximum atomic E-state index is 13.7. The third-order valence-electron chi connectivity index (χ3n) is 5.56. The van der Waals surface area contributed by atoms with Gasteiger partial charge < -0.3 is 10.3 Å². The predicted octanol–water partition coefficient (Wildman–Crippen LogP) is 4.45. The molecule has 5 rings (SSSR count). The van der Waals surface area contributed by atoms with E-state index in [2.05, 4.69) is 31.3 Å². The van der Waals surface area contributed by atoms with Crippen LogP contribution < -0.4 is 10.9 Å². The first-order chi connectivity index (χ1) is 15.0. The number of pyridine rings is 1. The van der Waals surface area contributed by atoms with Crippen molar-refractivity contribution in [3.05, 3.63) is 88.4 Å². The van der Waals surface area contributed by atoms with Gasteiger partial charge in [0.25, 0.3) is 5.56 Å². The summed E-state index contributed by atoms with van der Waals surface area (Å²) in [6.45, 7) is 6.02. The van der Waals surface area contributed by atoms with Crippen molar-refractivity contribution in [1.82, 2.24) is 24.5 Å². The molecule has 0 aliphatic heterocycles. The Morgan fingerprint density at radius 3 is 2.71 bits per heavy atom. The van der Waals surface area contributed by atoms with Gasteiger partial charge in [0, 0.05) is 11.4 Å². The fourth-order valence-corrected chi connectivity index (χ4v) is 4.06. The van der Waals surface area contributed by atoms with Crippen molar-refractivity contribution in [1.29, 1.82) is 0 Å². The summed E-state index contributed by atoms with van der Waals surface area (Å²) in [7, 11) is 0. The van der Waals surface area contributed by atoms with E-state index in [1.54, 1.807) is 10.9 Å². The number of nitrogens with one attached hydrogen (secondary N) is 2. The second-order valence-corrected chi connectivity index (χ2v) is 7.78. The number of fused-ring (bicyclic) bond motifs is 2. The van der Waals surface area contributed by atoms with Crippen molar-refractivity contribution in [2.75, 3.05) is 5.32 Å². The Morgan fingerprint density at radius 2 is 1.87 bits per heavy atom. The molecule has 2 aromatic carbocycles. The second-order valence-electron chi connectivity index (χ2n) is 7.78. The number of benzene rings is 2. The molecule has 0 amide bonds. The van der Waals surface area contributed by atoms with Crippen molar-refractivity contribution >= 4 is 27.8 Å². The summed E-state index contributed by atoms with van der Waals surface area (Å²) < 4.78 is 1.80. The first-order valence-corrected chi connectivity index (χ1v) is 10.2. The number of rotatable bonds is 4. The van der Waals surface area contributed by atoms with Crippen molar-refractivity contribution in [2.45, 2.75) is 26.8 Å². The van der Waals surface area contributed by atoms with Gasteiger partial charge in [0.1, 0.15) is 11.8 Å². The number of anilines is 1. The predicted molar refractivity (Wildman–Crippen MR) is 123 cm³/mol. The second kappa shape index (κ2) is 7.36. The molecule has 7 heteroatoms. The summed E-state index contributed by atoms with van der Waals surface area (Å²) >= 11 is 0. The molecule has 5 aromatic rings. The number of aromatic amines is 1. The normalized spacial score (nSPS) is 12.4. The van der Waals surface area contributed by atoms with E-state index in [-0.39, 0.29) is 11.6 Å². The van der Waals surface area contributed by atoms with Crippen LogP contribution in [-0.4, -0.2) is 24.5 Å². The lowest BCUT2D eigenvalue weighted by Gasteiger charge is -2.22. The number of hydrogen-bond acceptors (Lipinski definition) is 5. The standard InChI is InChI=1S/C24H22N6O/c1-14-6-4-9-18(10-14)30-19(11-17-8-5-7-15(2)20(17)24(30)31)16(3)29-23-21-22(26-12-25-21)27-13-28-23/h4-13,16H,1-3H3,(H2,25,26,27,28,29). The lowest BCUT2D eigenvalue weighted by atomic mass is 10.0. The summed E-state index contributed by atoms with van der Waals surface area (Å²) in [6, 6.07) is 15.8. The summed E-state index contributed by atoms with van der Waals surface area (Å²) in [5.74, 6) is 0.641. The molecule has 0 bridgehead atoms. The summed E-state index contributed by atoms with van der Waals surface area (Å²) in [6.07, 6.45) is 3.08. The third-order valence-corrected chi connectivity index (χ3v) is 5.56. The van der Waals surface area contributed by atoms with E-state index in [1.165, 1.54) is 6.33 Å². The van der Waals surface area contributed by atoms with Gasteiger partial charge in [-0.3, -0.25) is 9.36 Å². The Labute approximate surface area is 178 Å². The highest BCUT2D eigenvalue weighted by Crippen LogP contribution is 2.26. The van der Waals surface area contributed by atoms with Crippen LogP contribution in [0.1, 0.15) is 29.8 Å². The Bertz CT molecular complexity index is 1480. The number of nitrogens with zero attached hydrogens (tertiary/aromatic N) is 4. The van der Waals surface area contributed by atoms with Crippen LogP contribution in [0.3, 0.4) is 0 Å². The van der Waals surface area contributed by atoms with E-state index >= 15 is 0 Å². The molecule has 0 aliphatic carbocycles. The minimum absolute atomic E-state index is 0.0285. The molecule has 1 unspecified atom stereocenters. The molecule has 0 spiro atoms. The van der Waals surface area contributed by atoms with Crippen molar-refractivity contribution in [3.63, 3.8) is 0 Å². The molecule has 154 valence electrons. The van der Waals surface area contributed by atoms with E-state index in [0.29, 0.717) is 11.5 Å². The Kier molecular flexibility index (Phi) is 4.51. The highest BCUT2D eigenvalue weighted by molar-refractivity contribution is 5.86. The quantitative estimate of drug-likeness (QED) is 0.457. The SMILES string of the molecule is Cc1cccc(-n2c(C(C)Nc3ncnc4nc[nH]c34)cc3cccc(C)c3c2=O)c1. The van der Waals surface area contributed by atoms with Crippen LogP contribution >= 0.6 is 0 Å². The average molecular weight is 410 g/mol. The van der Waals surface area contributed by atoms with Gasteiger partial charge in [-0.25, -0.2) is 15.0 Å². The third kappa shape index (κ3) is 3.24. The molecule has 3 heterocycles. The minimum Gasteiger partial charge on any atom is -0.360 e. The molecule has 3 aromatic heterocycles. The molecule has 0 radical (unpaired) electrons. The maximum Gasteiger partial charge on any atom is 0.263 e. The molecular weight excluding hydrogens is 388 g/mol. The number of imidazole rings is 1. The van der Waals surface area contributed by atoms with Gasteiger partial charge in [0.15, 0.2) is 11.5 Å². The zero-order valence-electron chi connectivity index (χ0n) is 17.5. The van der Waals surface area contributed by atoms with E-state index in [9.17, 15) is 4.79 Å². The van der Waals surface area contributed by atoms with Gasteiger partial charge >= 0.3 is 0 Å². The number of aryl methyl sites for hydroxylation is 2. The number of aromatic nitrogens is 5. The first-order valence-electron chi connectivity index (χ1n) is 10.2. The van der Waals surface area contributed by atoms with Crippen LogP contribution in [-0.2, 0) is 0 Å². The lowest BCUT2D eigenvalue weighted by molar-refractivity contribution is 0.773. The van der Waals surface area contributed by atoms with Gasteiger partial charge in [0.2, 0.25) is 0 Å². The van der Waals surface area contributed by atoms with Crippen LogP contribution in [0.5, 0.6) is 0 Å². The fraction of sp³-hybridized carbons (Fsp3) is 0.167. The summed E-state index contributed by atoms with van der Waals surface area (Å²) in [4.78, 5) is 29.5.